The van der Waals surface area contributed by atoms with Crippen molar-refractivity contribution in [3.8, 4) is 5.75 Å². The van der Waals surface area contributed by atoms with Gasteiger partial charge in [0.15, 0.2) is 6.61 Å². The van der Waals surface area contributed by atoms with Gasteiger partial charge in [0.1, 0.15) is 5.75 Å². The van der Waals surface area contributed by atoms with E-state index in [1.807, 2.05) is 6.92 Å². The molecule has 0 aromatic heterocycles. The van der Waals surface area contributed by atoms with Gasteiger partial charge in [-0.25, -0.2) is 4.79 Å². The monoisotopic (exact) mass is 320 g/mol. The maximum absolute atomic E-state index is 11.9. The van der Waals surface area contributed by atoms with Crippen molar-refractivity contribution in [2.75, 3.05) is 18.9 Å². The minimum absolute atomic E-state index is 0.117. The summed E-state index contributed by atoms with van der Waals surface area (Å²) in [6.07, 6.45) is 5.10. The van der Waals surface area contributed by atoms with E-state index in [1.54, 1.807) is 12.1 Å². The second-order valence-electron chi connectivity index (χ2n) is 5.73. The van der Waals surface area contributed by atoms with Crippen LogP contribution in [0.3, 0.4) is 0 Å². The molecule has 0 bridgehead atoms. The topological polar surface area (TPSA) is 90.7 Å². The molecule has 3 N–H and O–H groups in total. The zero-order valence-electron chi connectivity index (χ0n) is 13.5. The Bertz CT molecular complexity index is 554. The molecular weight excluding hydrogens is 296 g/mol. The molecule has 0 radical (unpaired) electrons. The molecule has 0 heterocycles. The highest BCUT2D eigenvalue weighted by molar-refractivity contribution is 5.90. The van der Waals surface area contributed by atoms with Gasteiger partial charge in [0.2, 0.25) is 0 Å². The minimum Gasteiger partial charge on any atom is -0.482 e. The number of benzene rings is 1. The Morgan fingerprint density at radius 2 is 2.04 bits per heavy atom. The maximum Gasteiger partial charge on any atom is 0.338 e. The standard InChI is InChI=1S/C17H24N2O4/c1-2-9-22-17(21)12-7-8-14(18)15(10-12)23-11-16(20)19-13-5-3-4-6-13/h7-8,10,13H,2-6,9,11,18H2,1H3,(H,19,20). The number of esters is 1. The molecule has 0 atom stereocenters. The van der Waals surface area contributed by atoms with Gasteiger partial charge in [-0.2, -0.15) is 0 Å². The molecular formula is C17H24N2O4. The first-order valence-corrected chi connectivity index (χ1v) is 8.09. The zero-order chi connectivity index (χ0) is 16.7. The number of amides is 1. The molecule has 1 aromatic rings. The van der Waals surface area contributed by atoms with Crippen LogP contribution in [0.25, 0.3) is 0 Å². The summed E-state index contributed by atoms with van der Waals surface area (Å²) in [6.45, 7) is 2.17. The van der Waals surface area contributed by atoms with Crippen LogP contribution >= 0.6 is 0 Å². The minimum atomic E-state index is -0.424. The molecule has 1 aromatic carbocycles. The van der Waals surface area contributed by atoms with Crippen molar-refractivity contribution in [3.63, 3.8) is 0 Å². The number of anilines is 1. The molecule has 1 aliphatic rings. The zero-order valence-corrected chi connectivity index (χ0v) is 13.5. The first-order chi connectivity index (χ1) is 11.1. The van der Waals surface area contributed by atoms with Gasteiger partial charge in [0.05, 0.1) is 17.9 Å². The number of nitrogens with one attached hydrogen (secondary N) is 1. The van der Waals surface area contributed by atoms with Crippen molar-refractivity contribution in [1.29, 1.82) is 0 Å². The number of ether oxygens (including phenoxy) is 2. The van der Waals surface area contributed by atoms with Crippen LogP contribution in [0.1, 0.15) is 49.4 Å². The van der Waals surface area contributed by atoms with E-state index in [0.29, 0.717) is 23.6 Å². The smallest absolute Gasteiger partial charge is 0.338 e. The first kappa shape index (κ1) is 17.1. The molecule has 0 unspecified atom stereocenters. The lowest BCUT2D eigenvalue weighted by molar-refractivity contribution is -0.123. The fraction of sp³-hybridized carbons (Fsp3) is 0.529. The second-order valence-corrected chi connectivity index (χ2v) is 5.73. The van der Waals surface area contributed by atoms with Crippen LogP contribution in [0.5, 0.6) is 5.75 Å². The molecule has 0 aliphatic heterocycles. The number of carbonyl (C=O) groups excluding carboxylic acids is 2. The highest BCUT2D eigenvalue weighted by atomic mass is 16.5. The molecule has 0 saturated heterocycles. The normalized spacial score (nSPS) is 14.5. The Morgan fingerprint density at radius 1 is 1.30 bits per heavy atom. The van der Waals surface area contributed by atoms with Crippen LogP contribution in [0.4, 0.5) is 5.69 Å². The van der Waals surface area contributed by atoms with Crippen LogP contribution < -0.4 is 15.8 Å². The first-order valence-electron chi connectivity index (χ1n) is 8.09. The Kier molecular flexibility index (Phi) is 6.26. The number of nitrogen functional groups attached to an aromatic ring is 1. The average Bonchev–Trinajstić information content (AvgIpc) is 3.04. The Hall–Kier alpha value is -2.24. The van der Waals surface area contributed by atoms with Crippen LogP contribution in [-0.2, 0) is 9.53 Å². The van der Waals surface area contributed by atoms with E-state index in [1.165, 1.54) is 6.07 Å². The third-order valence-electron chi connectivity index (χ3n) is 3.77. The van der Waals surface area contributed by atoms with Crippen molar-refractivity contribution >= 4 is 17.6 Å². The van der Waals surface area contributed by atoms with Gasteiger partial charge in [-0.15, -0.1) is 0 Å². The third kappa shape index (κ3) is 5.16. The van der Waals surface area contributed by atoms with Gasteiger partial charge in [0, 0.05) is 6.04 Å². The van der Waals surface area contributed by atoms with E-state index < -0.39 is 5.97 Å². The van der Waals surface area contributed by atoms with E-state index in [-0.39, 0.29) is 18.6 Å². The molecule has 126 valence electrons. The third-order valence-corrected chi connectivity index (χ3v) is 3.77. The fourth-order valence-corrected chi connectivity index (χ4v) is 2.55. The van der Waals surface area contributed by atoms with Crippen molar-refractivity contribution < 1.29 is 19.1 Å². The lowest BCUT2D eigenvalue weighted by Crippen LogP contribution is -2.36. The van der Waals surface area contributed by atoms with Gasteiger partial charge in [0.25, 0.3) is 5.91 Å². The summed E-state index contributed by atoms with van der Waals surface area (Å²) in [5.41, 5.74) is 6.57. The van der Waals surface area contributed by atoms with Gasteiger partial charge in [-0.3, -0.25) is 4.79 Å². The lowest BCUT2D eigenvalue weighted by atomic mass is 10.2. The summed E-state index contributed by atoms with van der Waals surface area (Å²) >= 11 is 0. The highest BCUT2D eigenvalue weighted by Crippen LogP contribution is 2.23. The Morgan fingerprint density at radius 3 is 2.74 bits per heavy atom. The molecule has 2 rings (SSSR count). The summed E-state index contributed by atoms with van der Waals surface area (Å²) in [6, 6.07) is 4.92. The van der Waals surface area contributed by atoms with Crippen molar-refractivity contribution in [3.05, 3.63) is 23.8 Å². The molecule has 1 amide bonds. The Balaban J connectivity index is 1.90. The number of carbonyl (C=O) groups is 2. The van der Waals surface area contributed by atoms with Crippen LogP contribution in [0.2, 0.25) is 0 Å². The predicted octanol–water partition coefficient (Wildman–Crippen LogP) is 2.27. The number of hydrogen-bond acceptors (Lipinski definition) is 5. The molecule has 6 heteroatoms. The van der Waals surface area contributed by atoms with Gasteiger partial charge >= 0.3 is 5.97 Å². The van der Waals surface area contributed by atoms with Crippen molar-refractivity contribution in [1.82, 2.24) is 5.32 Å². The van der Waals surface area contributed by atoms with Crippen LogP contribution in [-0.4, -0.2) is 31.1 Å². The molecule has 1 aliphatic carbocycles. The predicted molar refractivity (Wildman–Crippen MR) is 87.3 cm³/mol. The summed E-state index contributed by atoms with van der Waals surface area (Å²) in [5.74, 6) is -0.278. The van der Waals surface area contributed by atoms with E-state index in [9.17, 15) is 9.59 Å². The molecule has 23 heavy (non-hydrogen) atoms. The van der Waals surface area contributed by atoms with Gasteiger partial charge in [-0.1, -0.05) is 19.8 Å². The van der Waals surface area contributed by atoms with E-state index >= 15 is 0 Å². The lowest BCUT2D eigenvalue weighted by Gasteiger charge is -2.14. The number of nitrogens with two attached hydrogens (primary N) is 1. The highest BCUT2D eigenvalue weighted by Gasteiger charge is 2.18. The number of rotatable bonds is 7. The second kappa shape index (κ2) is 8.41. The van der Waals surface area contributed by atoms with Gasteiger partial charge in [-0.05, 0) is 37.5 Å². The fourth-order valence-electron chi connectivity index (χ4n) is 2.55. The molecule has 1 fully saturated rings. The molecule has 0 spiro atoms. The van der Waals surface area contributed by atoms with Crippen molar-refractivity contribution in [2.45, 2.75) is 45.1 Å². The quantitative estimate of drug-likeness (QED) is 0.594. The van der Waals surface area contributed by atoms with E-state index in [0.717, 1.165) is 32.1 Å². The maximum atomic E-state index is 11.9. The average molecular weight is 320 g/mol. The van der Waals surface area contributed by atoms with Crippen molar-refractivity contribution in [2.24, 2.45) is 0 Å². The van der Waals surface area contributed by atoms with Gasteiger partial charge < -0.3 is 20.5 Å². The van der Waals surface area contributed by atoms with E-state index in [2.05, 4.69) is 5.32 Å². The van der Waals surface area contributed by atoms with Crippen LogP contribution in [0, 0.1) is 0 Å². The summed E-state index contributed by atoms with van der Waals surface area (Å²) in [4.78, 5) is 23.7. The number of hydrogen-bond donors (Lipinski definition) is 2. The molecule has 6 nitrogen and oxygen atoms in total. The van der Waals surface area contributed by atoms with Crippen LogP contribution in [0.15, 0.2) is 18.2 Å². The summed E-state index contributed by atoms with van der Waals surface area (Å²) < 4.78 is 10.5. The summed E-state index contributed by atoms with van der Waals surface area (Å²) in [5, 5.41) is 2.94. The molecule has 1 saturated carbocycles. The Labute approximate surface area is 136 Å². The van der Waals surface area contributed by atoms with E-state index in [4.69, 9.17) is 15.2 Å². The summed E-state index contributed by atoms with van der Waals surface area (Å²) in [7, 11) is 0. The largest absolute Gasteiger partial charge is 0.482 e. The SMILES string of the molecule is CCCOC(=O)c1ccc(N)c(OCC(=O)NC2CCCC2)c1.